The van der Waals surface area contributed by atoms with Crippen LogP contribution in [0.1, 0.15) is 87.1 Å². The summed E-state index contributed by atoms with van der Waals surface area (Å²) in [6.45, 7) is 15.6. The molecule has 4 atom stereocenters. The number of carbonyl (C=O) groups is 4. The standard InChI is InChI=1S/C28H43NO9/c1-10-17(4)23(30)35-21-14-13-20(15-22(21)36-24(31)18(5)11-2)16-28(25(32)33,29-19(6)12-3)38-26(34)37-27(7,8)9/h13-15,17-19,29H,10-12,16H2,1-9H3,(H,32,33)/t17?,18?,19?,28-/m0/s1. The zero-order valence-corrected chi connectivity index (χ0v) is 24.0. The monoisotopic (exact) mass is 537 g/mol. The van der Waals surface area contributed by atoms with Crippen molar-refractivity contribution in [1.29, 1.82) is 0 Å². The van der Waals surface area contributed by atoms with Crippen molar-refractivity contribution in [2.75, 3.05) is 0 Å². The highest BCUT2D eigenvalue weighted by atomic mass is 16.8. The van der Waals surface area contributed by atoms with E-state index in [1.165, 1.54) is 18.2 Å². The summed E-state index contributed by atoms with van der Waals surface area (Å²) in [5, 5.41) is 13.1. The van der Waals surface area contributed by atoms with Gasteiger partial charge < -0.3 is 24.1 Å². The summed E-state index contributed by atoms with van der Waals surface area (Å²) in [7, 11) is 0. The molecular weight excluding hydrogens is 494 g/mol. The Bertz CT molecular complexity index is 985. The van der Waals surface area contributed by atoms with Gasteiger partial charge >= 0.3 is 24.1 Å². The van der Waals surface area contributed by atoms with E-state index in [-0.39, 0.29) is 29.9 Å². The van der Waals surface area contributed by atoms with E-state index >= 15 is 0 Å². The van der Waals surface area contributed by atoms with E-state index in [1.807, 2.05) is 20.8 Å². The summed E-state index contributed by atoms with van der Waals surface area (Å²) in [5.74, 6) is -3.27. The van der Waals surface area contributed by atoms with Gasteiger partial charge in [0.1, 0.15) is 5.60 Å². The molecule has 0 bridgehead atoms. The maximum absolute atomic E-state index is 12.6. The quantitative estimate of drug-likeness (QED) is 0.195. The van der Waals surface area contributed by atoms with Crippen LogP contribution in [0.5, 0.6) is 11.5 Å². The molecule has 214 valence electrons. The van der Waals surface area contributed by atoms with Gasteiger partial charge in [-0.3, -0.25) is 14.9 Å². The van der Waals surface area contributed by atoms with Crippen LogP contribution in [0, 0.1) is 11.8 Å². The maximum Gasteiger partial charge on any atom is 0.511 e. The molecule has 38 heavy (non-hydrogen) atoms. The molecule has 0 aliphatic heterocycles. The van der Waals surface area contributed by atoms with Crippen molar-refractivity contribution >= 4 is 24.1 Å². The summed E-state index contributed by atoms with van der Waals surface area (Å²) in [6.07, 6.45) is 0.154. The van der Waals surface area contributed by atoms with E-state index in [0.717, 1.165) is 0 Å². The number of carboxylic acids is 1. The lowest BCUT2D eigenvalue weighted by atomic mass is 10.00. The second-order valence-corrected chi connectivity index (χ2v) is 10.6. The second kappa shape index (κ2) is 14.1. The van der Waals surface area contributed by atoms with Crippen LogP contribution in [0.3, 0.4) is 0 Å². The van der Waals surface area contributed by atoms with Gasteiger partial charge in [0.15, 0.2) is 11.5 Å². The van der Waals surface area contributed by atoms with Gasteiger partial charge in [-0.25, -0.2) is 9.59 Å². The minimum Gasteiger partial charge on any atom is -0.477 e. The fourth-order valence-corrected chi connectivity index (χ4v) is 3.08. The molecule has 0 amide bonds. The normalized spacial score (nSPS) is 15.4. The summed E-state index contributed by atoms with van der Waals surface area (Å²) < 4.78 is 21.7. The number of ether oxygens (including phenoxy) is 4. The predicted octanol–water partition coefficient (Wildman–Crippen LogP) is 5.25. The van der Waals surface area contributed by atoms with Crippen LogP contribution in [-0.2, 0) is 30.3 Å². The van der Waals surface area contributed by atoms with Crippen molar-refractivity contribution in [3.63, 3.8) is 0 Å². The number of benzene rings is 1. The Morgan fingerprint density at radius 2 is 1.37 bits per heavy atom. The molecule has 1 rings (SSSR count). The first kappa shape index (κ1) is 32.9. The van der Waals surface area contributed by atoms with Gasteiger partial charge in [0, 0.05) is 12.5 Å². The summed E-state index contributed by atoms with van der Waals surface area (Å²) in [6, 6.07) is 4.02. The van der Waals surface area contributed by atoms with Gasteiger partial charge in [0.25, 0.3) is 5.72 Å². The smallest absolute Gasteiger partial charge is 0.477 e. The molecular formula is C28H43NO9. The number of aliphatic carboxylic acids is 1. The fourth-order valence-electron chi connectivity index (χ4n) is 3.08. The van der Waals surface area contributed by atoms with Crippen LogP contribution in [-0.4, -0.2) is 46.5 Å². The largest absolute Gasteiger partial charge is 0.511 e. The molecule has 0 saturated heterocycles. The lowest BCUT2D eigenvalue weighted by molar-refractivity contribution is -0.169. The molecule has 0 aliphatic rings. The number of nitrogens with one attached hydrogen (secondary N) is 1. The van der Waals surface area contributed by atoms with E-state index < -0.39 is 41.3 Å². The fraction of sp³-hybridized carbons (Fsp3) is 0.643. The predicted molar refractivity (Wildman–Crippen MR) is 141 cm³/mol. The number of rotatable bonds is 13. The SMILES string of the molecule is CCC(C)N[C@@](Cc1ccc(OC(=O)C(C)CC)c(OC(=O)C(C)CC)c1)(OC(=O)OC(C)(C)C)C(=O)O. The van der Waals surface area contributed by atoms with Crippen LogP contribution in [0.2, 0.25) is 0 Å². The zero-order chi connectivity index (χ0) is 29.3. The van der Waals surface area contributed by atoms with E-state index in [1.54, 1.807) is 41.5 Å². The van der Waals surface area contributed by atoms with E-state index in [4.69, 9.17) is 18.9 Å². The average molecular weight is 538 g/mol. The molecule has 0 heterocycles. The minimum atomic E-state index is -2.19. The topological polar surface area (TPSA) is 137 Å². The van der Waals surface area contributed by atoms with Crippen molar-refractivity contribution in [3.8, 4) is 11.5 Å². The first-order chi connectivity index (χ1) is 17.6. The summed E-state index contributed by atoms with van der Waals surface area (Å²) in [4.78, 5) is 50.1. The highest BCUT2D eigenvalue weighted by molar-refractivity contribution is 5.81. The Hall–Kier alpha value is -3.14. The maximum atomic E-state index is 12.6. The Labute approximate surface area is 225 Å². The Kier molecular flexibility index (Phi) is 12.2. The summed E-state index contributed by atoms with van der Waals surface area (Å²) >= 11 is 0. The molecule has 2 N–H and O–H groups in total. The highest BCUT2D eigenvalue weighted by Gasteiger charge is 2.45. The van der Waals surface area contributed by atoms with Crippen LogP contribution in [0.25, 0.3) is 0 Å². The highest BCUT2D eigenvalue weighted by Crippen LogP contribution is 2.32. The van der Waals surface area contributed by atoms with Gasteiger partial charge in [-0.2, -0.15) is 0 Å². The third kappa shape index (κ3) is 9.96. The van der Waals surface area contributed by atoms with E-state index in [9.17, 15) is 24.3 Å². The van der Waals surface area contributed by atoms with Crippen molar-refractivity contribution in [3.05, 3.63) is 23.8 Å². The van der Waals surface area contributed by atoms with Crippen LogP contribution >= 0.6 is 0 Å². The van der Waals surface area contributed by atoms with Crippen molar-refractivity contribution in [2.45, 2.75) is 105 Å². The number of carbonyl (C=O) groups excluding carboxylic acids is 3. The van der Waals surface area contributed by atoms with Crippen LogP contribution in [0.4, 0.5) is 4.79 Å². The minimum absolute atomic E-state index is 0.0274. The van der Waals surface area contributed by atoms with Crippen LogP contribution in [0.15, 0.2) is 18.2 Å². The number of esters is 2. The van der Waals surface area contributed by atoms with Crippen LogP contribution < -0.4 is 14.8 Å². The molecule has 1 aromatic rings. The zero-order valence-electron chi connectivity index (χ0n) is 24.0. The first-order valence-corrected chi connectivity index (χ1v) is 13.1. The van der Waals surface area contributed by atoms with Gasteiger partial charge in [0.2, 0.25) is 0 Å². The van der Waals surface area contributed by atoms with E-state index in [2.05, 4.69) is 5.32 Å². The number of carboxylic acid groups (broad SMARTS) is 1. The molecule has 0 aromatic heterocycles. The van der Waals surface area contributed by atoms with Crippen molar-refractivity contribution in [1.82, 2.24) is 5.32 Å². The molecule has 0 aliphatic carbocycles. The second-order valence-electron chi connectivity index (χ2n) is 10.6. The number of hydrogen-bond acceptors (Lipinski definition) is 9. The summed E-state index contributed by atoms with van der Waals surface area (Å²) in [5.41, 5.74) is -2.75. The first-order valence-electron chi connectivity index (χ1n) is 13.1. The Morgan fingerprint density at radius 3 is 1.82 bits per heavy atom. The lowest BCUT2D eigenvalue weighted by Gasteiger charge is -2.33. The molecule has 3 unspecified atom stereocenters. The molecule has 1 aromatic carbocycles. The molecule has 0 spiro atoms. The van der Waals surface area contributed by atoms with E-state index in [0.29, 0.717) is 24.8 Å². The lowest BCUT2D eigenvalue weighted by Crippen LogP contribution is -2.60. The Morgan fingerprint density at radius 1 is 0.842 bits per heavy atom. The molecule has 0 fully saturated rings. The Balaban J connectivity index is 3.52. The molecule has 10 nitrogen and oxygen atoms in total. The third-order valence-electron chi connectivity index (χ3n) is 6.00. The van der Waals surface area contributed by atoms with Crippen molar-refractivity contribution in [2.24, 2.45) is 11.8 Å². The average Bonchev–Trinajstić information content (AvgIpc) is 2.82. The number of hydrogen-bond donors (Lipinski definition) is 2. The molecule has 0 saturated carbocycles. The third-order valence-corrected chi connectivity index (χ3v) is 6.00. The van der Waals surface area contributed by atoms with Gasteiger partial charge in [-0.05, 0) is 64.7 Å². The van der Waals surface area contributed by atoms with Crippen molar-refractivity contribution < 1.29 is 43.2 Å². The molecule has 0 radical (unpaired) electrons. The molecule has 10 heteroatoms. The van der Waals surface area contributed by atoms with Gasteiger partial charge in [-0.1, -0.05) is 40.7 Å². The van der Waals surface area contributed by atoms with Gasteiger partial charge in [-0.15, -0.1) is 0 Å². The van der Waals surface area contributed by atoms with Gasteiger partial charge in [0.05, 0.1) is 11.8 Å².